The summed E-state index contributed by atoms with van der Waals surface area (Å²) >= 11 is 0. The van der Waals surface area contributed by atoms with Crippen molar-refractivity contribution in [2.24, 2.45) is 7.05 Å². The molecule has 0 fully saturated rings. The lowest BCUT2D eigenvalue weighted by molar-refractivity contribution is -0.255. The number of carboxylic acid groups (broad SMARTS) is 2. The highest BCUT2D eigenvalue weighted by Crippen LogP contribution is 2.16. The van der Waals surface area contributed by atoms with E-state index < -0.39 is 18.5 Å². The monoisotopic (exact) mass is 266 g/mol. The van der Waals surface area contributed by atoms with Gasteiger partial charge < -0.3 is 40.3 Å². The van der Waals surface area contributed by atoms with Crippen molar-refractivity contribution in [3.8, 4) is 0 Å². The summed E-state index contributed by atoms with van der Waals surface area (Å²) < 4.78 is 3.27. The third kappa shape index (κ3) is 2.68. The summed E-state index contributed by atoms with van der Waals surface area (Å²) in [5.41, 5.74) is 1.06. The lowest BCUT2D eigenvalue weighted by atomic mass is 10.5. The van der Waals surface area contributed by atoms with Gasteiger partial charge in [0.1, 0.15) is 17.9 Å². The topological polar surface area (TPSA) is 139 Å². The van der Waals surface area contributed by atoms with Gasteiger partial charge in [-0.25, -0.2) is 4.52 Å². The van der Waals surface area contributed by atoms with Crippen LogP contribution in [0.5, 0.6) is 0 Å². The fourth-order valence-corrected chi connectivity index (χ4v) is 1.65. The molecule has 0 atom stereocenters. The van der Waals surface area contributed by atoms with E-state index in [9.17, 15) is 19.8 Å². The maximum Gasteiger partial charge on any atom is 0.175 e. The number of carbonyl (C=O) groups is 2. The third-order valence-corrected chi connectivity index (χ3v) is 2.36. The fraction of sp³-hybridized carbons (Fsp3) is 0.222. The largest absolute Gasteiger partial charge is 0.530 e. The number of imidazole rings is 1. The average molecular weight is 266 g/mol. The van der Waals surface area contributed by atoms with E-state index in [0.29, 0.717) is 11.3 Å². The molecule has 0 aliphatic heterocycles. The Kier molecular flexibility index (Phi) is 3.14. The van der Waals surface area contributed by atoms with Gasteiger partial charge in [0.05, 0.1) is 6.20 Å². The van der Waals surface area contributed by atoms with Crippen molar-refractivity contribution in [2.45, 2.75) is 6.29 Å². The van der Waals surface area contributed by atoms with Crippen molar-refractivity contribution in [3.05, 3.63) is 18.6 Å². The van der Waals surface area contributed by atoms with E-state index in [4.69, 9.17) is 0 Å². The molecule has 0 aliphatic carbocycles. The number of anilines is 1. The molecule has 0 aromatic carbocycles. The Balaban J connectivity index is 2.22. The van der Waals surface area contributed by atoms with Crippen molar-refractivity contribution in [2.75, 3.05) is 5.32 Å². The highest BCUT2D eigenvalue weighted by Gasteiger charge is 2.12. The van der Waals surface area contributed by atoms with Crippen molar-refractivity contribution in [1.82, 2.24) is 24.8 Å². The first kappa shape index (κ1) is 12.5. The van der Waals surface area contributed by atoms with E-state index in [2.05, 4.69) is 10.4 Å². The Morgan fingerprint density at radius 2 is 1.89 bits per heavy atom. The van der Waals surface area contributed by atoms with Crippen molar-refractivity contribution < 1.29 is 19.8 Å². The molecule has 0 radical (unpaired) electrons. The lowest BCUT2D eigenvalue weighted by Gasteiger charge is -2.24. The van der Waals surface area contributed by atoms with Gasteiger partial charge in [0.2, 0.25) is 0 Å². The second-order valence-corrected chi connectivity index (χ2v) is 3.68. The van der Waals surface area contributed by atoms with Crippen LogP contribution in [0.25, 0.3) is 5.65 Å². The molecule has 0 unspecified atom stereocenters. The number of nitrogens with one attached hydrogen (secondary N) is 3. The minimum atomic E-state index is -1.64. The van der Waals surface area contributed by atoms with E-state index in [1.165, 1.54) is 10.7 Å². The number of amides is 2. The van der Waals surface area contributed by atoms with E-state index in [0.717, 1.165) is 0 Å². The van der Waals surface area contributed by atoms with Gasteiger partial charge in [-0.3, -0.25) is 0 Å². The summed E-state index contributed by atoms with van der Waals surface area (Å²) in [5.74, 6) is 0. The summed E-state index contributed by atoms with van der Waals surface area (Å²) in [7, 11) is 1.76. The average Bonchev–Trinajstić information content (AvgIpc) is 2.82. The normalized spacial score (nSPS) is 10.6. The van der Waals surface area contributed by atoms with Crippen LogP contribution in [0.2, 0.25) is 0 Å². The summed E-state index contributed by atoms with van der Waals surface area (Å²) in [6, 6.07) is 0. The lowest BCUT2D eigenvalue weighted by Crippen LogP contribution is -2.58. The van der Waals surface area contributed by atoms with E-state index in [1.54, 1.807) is 24.0 Å². The van der Waals surface area contributed by atoms with Crippen molar-refractivity contribution >= 4 is 23.5 Å². The number of nitrogens with zero attached hydrogens (tertiary/aromatic N) is 3. The second kappa shape index (κ2) is 4.76. The molecule has 19 heavy (non-hydrogen) atoms. The van der Waals surface area contributed by atoms with Gasteiger partial charge in [-0.2, -0.15) is 5.10 Å². The predicted octanol–water partition coefficient (Wildman–Crippen LogP) is -2.77. The minimum Gasteiger partial charge on any atom is -0.530 e. The first-order chi connectivity index (χ1) is 8.97. The van der Waals surface area contributed by atoms with E-state index in [1.807, 2.05) is 10.6 Å². The standard InChI is InChI=1S/C9H12N6O4/c1-14-2-3-15-6(14)5(4-10-15)11-7(12-8(16)17)13-9(18)19/h2-4,7,11-13H,1H3,(H,16,17)(H,18,19)/p-2. The van der Waals surface area contributed by atoms with E-state index >= 15 is 0 Å². The molecule has 10 nitrogen and oxygen atoms in total. The molecule has 0 bridgehead atoms. The first-order valence-electron chi connectivity index (χ1n) is 5.17. The van der Waals surface area contributed by atoms with Gasteiger partial charge in [0, 0.05) is 19.4 Å². The summed E-state index contributed by atoms with van der Waals surface area (Å²) in [4.78, 5) is 20.9. The van der Waals surface area contributed by atoms with Crippen LogP contribution in [-0.2, 0) is 7.05 Å². The van der Waals surface area contributed by atoms with E-state index in [-0.39, 0.29) is 0 Å². The quantitative estimate of drug-likeness (QED) is 0.512. The first-order valence-corrected chi connectivity index (χ1v) is 5.17. The second-order valence-electron chi connectivity index (χ2n) is 3.68. The maximum atomic E-state index is 10.5. The molecule has 2 rings (SSSR count). The van der Waals surface area contributed by atoms with Gasteiger partial charge in [-0.05, 0) is 0 Å². The smallest absolute Gasteiger partial charge is 0.175 e. The van der Waals surface area contributed by atoms with Crippen LogP contribution in [0.1, 0.15) is 0 Å². The number of rotatable bonds is 4. The van der Waals surface area contributed by atoms with Crippen LogP contribution >= 0.6 is 0 Å². The Morgan fingerprint density at radius 1 is 1.26 bits per heavy atom. The molecular weight excluding hydrogens is 256 g/mol. The highest BCUT2D eigenvalue weighted by molar-refractivity contribution is 5.71. The van der Waals surface area contributed by atoms with Gasteiger partial charge in [-0.15, -0.1) is 0 Å². The SMILES string of the molecule is Cn1ccn2ncc(NC(NC(=O)[O-])NC(=O)[O-])c12. The van der Waals surface area contributed by atoms with Gasteiger partial charge >= 0.3 is 0 Å². The fourth-order valence-electron chi connectivity index (χ4n) is 1.65. The predicted molar refractivity (Wildman–Crippen MR) is 58.6 cm³/mol. The van der Waals surface area contributed by atoms with Crippen LogP contribution < -0.4 is 26.2 Å². The number of carbonyl (C=O) groups excluding carboxylic acids is 2. The summed E-state index contributed by atoms with van der Waals surface area (Å²) in [5, 5.41) is 31.2. The molecular formula is C9H10N6O4-2. The number of hydrogen-bond donors (Lipinski definition) is 3. The molecule has 0 spiro atoms. The Bertz CT molecular complexity index is 601. The maximum absolute atomic E-state index is 10.5. The molecule has 10 heteroatoms. The molecule has 3 N–H and O–H groups in total. The van der Waals surface area contributed by atoms with Crippen molar-refractivity contribution in [3.63, 3.8) is 0 Å². The van der Waals surface area contributed by atoms with Gasteiger partial charge in [-0.1, -0.05) is 0 Å². The van der Waals surface area contributed by atoms with Gasteiger partial charge in [0.15, 0.2) is 11.9 Å². The molecule has 2 aromatic heterocycles. The number of aromatic nitrogens is 3. The van der Waals surface area contributed by atoms with Crippen LogP contribution in [0.4, 0.5) is 15.3 Å². The molecule has 2 amide bonds. The zero-order valence-electron chi connectivity index (χ0n) is 9.78. The van der Waals surface area contributed by atoms with Crippen LogP contribution in [0.3, 0.4) is 0 Å². The molecule has 0 aliphatic rings. The Labute approximate surface area is 106 Å². The molecule has 102 valence electrons. The highest BCUT2D eigenvalue weighted by atomic mass is 16.4. The van der Waals surface area contributed by atoms with Crippen LogP contribution in [-0.4, -0.2) is 32.7 Å². The molecule has 0 saturated carbocycles. The Morgan fingerprint density at radius 3 is 2.47 bits per heavy atom. The summed E-state index contributed by atoms with van der Waals surface area (Å²) in [6.45, 7) is 0. The van der Waals surface area contributed by atoms with Crippen molar-refractivity contribution in [1.29, 1.82) is 0 Å². The Hall–Kier alpha value is -2.91. The minimum absolute atomic E-state index is 0.431. The third-order valence-electron chi connectivity index (χ3n) is 2.36. The van der Waals surface area contributed by atoms with Crippen LogP contribution in [0.15, 0.2) is 18.6 Å². The number of fused-ring (bicyclic) bond motifs is 1. The van der Waals surface area contributed by atoms with Gasteiger partial charge in [0.25, 0.3) is 0 Å². The zero-order chi connectivity index (χ0) is 14.0. The molecule has 2 heterocycles. The molecule has 2 aromatic rings. The number of aryl methyl sites for hydroxylation is 1. The zero-order valence-corrected chi connectivity index (χ0v) is 9.78. The molecule has 0 saturated heterocycles. The van der Waals surface area contributed by atoms with Crippen LogP contribution in [0, 0.1) is 0 Å². The summed E-state index contributed by atoms with van der Waals surface area (Å²) in [6.07, 6.45) is 0.270. The number of hydrogen-bond acceptors (Lipinski definition) is 6.